The van der Waals surface area contributed by atoms with Gasteiger partial charge in [0.05, 0.1) is 12.2 Å². The minimum atomic E-state index is -3.54. The van der Waals surface area contributed by atoms with Crippen molar-refractivity contribution in [2.75, 3.05) is 19.6 Å². The predicted molar refractivity (Wildman–Crippen MR) is 80.6 cm³/mol. The van der Waals surface area contributed by atoms with E-state index in [2.05, 4.69) is 18.6 Å². The molecule has 3 unspecified atom stereocenters. The summed E-state index contributed by atoms with van der Waals surface area (Å²) in [6.45, 7) is 10.8. The third kappa shape index (κ3) is 4.96. The quantitative estimate of drug-likeness (QED) is 0.756. The standard InChI is InChI=1S/C13H29N3O3S/c1-10(2)6-13(5,9-14)15-20(17,18)16-7-11(3)19-12(4)8-16/h10-12,15H,6-9,14H2,1-5H3. The average molecular weight is 307 g/mol. The second-order valence-electron chi connectivity index (χ2n) is 6.54. The number of nitrogens with two attached hydrogens (primary N) is 1. The van der Waals surface area contributed by atoms with Crippen molar-refractivity contribution in [3.63, 3.8) is 0 Å². The van der Waals surface area contributed by atoms with E-state index >= 15 is 0 Å². The topological polar surface area (TPSA) is 84.7 Å². The molecule has 3 N–H and O–H groups in total. The molecule has 0 spiro atoms. The van der Waals surface area contributed by atoms with E-state index in [1.54, 1.807) is 0 Å². The molecule has 6 nitrogen and oxygen atoms in total. The van der Waals surface area contributed by atoms with Crippen molar-refractivity contribution in [2.45, 2.75) is 58.8 Å². The van der Waals surface area contributed by atoms with E-state index in [1.807, 2.05) is 20.8 Å². The van der Waals surface area contributed by atoms with E-state index in [9.17, 15) is 8.42 Å². The molecule has 0 aromatic heterocycles. The summed E-state index contributed by atoms with van der Waals surface area (Å²) in [6.07, 6.45) is 0.521. The summed E-state index contributed by atoms with van der Waals surface area (Å²) in [4.78, 5) is 0. The number of hydrogen-bond donors (Lipinski definition) is 2. The Morgan fingerprint density at radius 2 is 1.85 bits per heavy atom. The molecular weight excluding hydrogens is 278 g/mol. The first-order valence-corrected chi connectivity index (χ1v) is 8.66. The Labute approximate surface area is 123 Å². The van der Waals surface area contributed by atoms with E-state index in [4.69, 9.17) is 10.5 Å². The predicted octanol–water partition coefficient (Wildman–Crippen LogP) is 0.694. The van der Waals surface area contributed by atoms with Crippen LogP contribution in [0.2, 0.25) is 0 Å². The van der Waals surface area contributed by atoms with Crippen LogP contribution in [0.5, 0.6) is 0 Å². The summed E-state index contributed by atoms with van der Waals surface area (Å²) in [6, 6.07) is 0. The van der Waals surface area contributed by atoms with Gasteiger partial charge in [0.1, 0.15) is 0 Å². The largest absolute Gasteiger partial charge is 0.373 e. The smallest absolute Gasteiger partial charge is 0.280 e. The highest BCUT2D eigenvalue weighted by molar-refractivity contribution is 7.87. The number of nitrogens with zero attached hydrogens (tertiary/aromatic N) is 1. The number of morpholine rings is 1. The van der Waals surface area contributed by atoms with Gasteiger partial charge in [0.15, 0.2) is 0 Å². The second kappa shape index (κ2) is 6.70. The monoisotopic (exact) mass is 307 g/mol. The second-order valence-corrected chi connectivity index (χ2v) is 8.21. The van der Waals surface area contributed by atoms with Gasteiger partial charge in [0.2, 0.25) is 0 Å². The molecule has 0 radical (unpaired) electrons. The molecule has 1 saturated heterocycles. The maximum absolute atomic E-state index is 12.5. The van der Waals surface area contributed by atoms with Crippen LogP contribution in [0.4, 0.5) is 0 Å². The van der Waals surface area contributed by atoms with Gasteiger partial charge >= 0.3 is 0 Å². The summed E-state index contributed by atoms with van der Waals surface area (Å²) in [5.41, 5.74) is 5.16. The fourth-order valence-electron chi connectivity index (χ4n) is 2.77. The summed E-state index contributed by atoms with van der Waals surface area (Å²) >= 11 is 0. The molecule has 1 fully saturated rings. The normalized spacial score (nSPS) is 28.6. The molecule has 0 aromatic rings. The molecule has 0 aromatic carbocycles. The molecule has 1 heterocycles. The zero-order valence-electron chi connectivity index (χ0n) is 13.2. The maximum atomic E-state index is 12.5. The van der Waals surface area contributed by atoms with Crippen LogP contribution in [0.3, 0.4) is 0 Å². The number of ether oxygens (including phenoxy) is 1. The first-order valence-electron chi connectivity index (χ1n) is 7.22. The van der Waals surface area contributed by atoms with Gasteiger partial charge in [-0.3, -0.25) is 0 Å². The van der Waals surface area contributed by atoms with Crippen LogP contribution in [0.15, 0.2) is 0 Å². The molecule has 3 atom stereocenters. The Kier molecular flexibility index (Phi) is 5.98. The zero-order valence-corrected chi connectivity index (χ0v) is 14.0. The van der Waals surface area contributed by atoms with Gasteiger partial charge in [0, 0.05) is 25.2 Å². The first-order chi connectivity index (χ1) is 9.08. The molecule has 0 amide bonds. The molecule has 1 aliphatic heterocycles. The third-order valence-corrected chi connectivity index (χ3v) is 5.14. The molecule has 0 bridgehead atoms. The molecule has 20 heavy (non-hydrogen) atoms. The molecule has 7 heteroatoms. The Bertz CT molecular complexity index is 403. The SMILES string of the molecule is CC(C)CC(C)(CN)NS(=O)(=O)N1CC(C)OC(C)C1. The molecule has 120 valence electrons. The summed E-state index contributed by atoms with van der Waals surface area (Å²) < 4.78 is 34.9. The van der Waals surface area contributed by atoms with Crippen LogP contribution in [-0.4, -0.2) is 50.1 Å². The van der Waals surface area contributed by atoms with Crippen LogP contribution in [0, 0.1) is 5.92 Å². The fourth-order valence-corrected chi connectivity index (χ4v) is 4.50. The van der Waals surface area contributed by atoms with E-state index < -0.39 is 15.7 Å². The summed E-state index contributed by atoms with van der Waals surface area (Å²) in [7, 11) is -3.54. The van der Waals surface area contributed by atoms with E-state index in [0.29, 0.717) is 25.4 Å². The average Bonchev–Trinajstić information content (AvgIpc) is 2.25. The minimum absolute atomic E-state index is 0.0930. The van der Waals surface area contributed by atoms with Crippen molar-refractivity contribution in [1.29, 1.82) is 0 Å². The molecule has 1 rings (SSSR count). The number of hydrogen-bond acceptors (Lipinski definition) is 4. The van der Waals surface area contributed by atoms with Crippen LogP contribution in [-0.2, 0) is 14.9 Å². The van der Waals surface area contributed by atoms with Crippen molar-refractivity contribution >= 4 is 10.2 Å². The van der Waals surface area contributed by atoms with Crippen molar-refractivity contribution < 1.29 is 13.2 Å². The number of rotatable bonds is 6. The fraction of sp³-hybridized carbons (Fsp3) is 1.00. The molecule has 1 aliphatic rings. The Morgan fingerprint density at radius 1 is 1.35 bits per heavy atom. The lowest BCUT2D eigenvalue weighted by atomic mass is 9.92. The minimum Gasteiger partial charge on any atom is -0.373 e. The van der Waals surface area contributed by atoms with Gasteiger partial charge in [-0.15, -0.1) is 0 Å². The highest BCUT2D eigenvalue weighted by Crippen LogP contribution is 2.20. The lowest BCUT2D eigenvalue weighted by molar-refractivity contribution is -0.0446. The highest BCUT2D eigenvalue weighted by Gasteiger charge is 2.36. The third-order valence-electron chi connectivity index (χ3n) is 3.41. The van der Waals surface area contributed by atoms with Crippen LogP contribution >= 0.6 is 0 Å². The van der Waals surface area contributed by atoms with Crippen molar-refractivity contribution in [2.24, 2.45) is 11.7 Å². The lowest BCUT2D eigenvalue weighted by Gasteiger charge is -2.38. The van der Waals surface area contributed by atoms with Crippen LogP contribution in [0.25, 0.3) is 0 Å². The summed E-state index contributed by atoms with van der Waals surface area (Å²) in [5.74, 6) is 0.369. The highest BCUT2D eigenvalue weighted by atomic mass is 32.2. The van der Waals surface area contributed by atoms with E-state index in [1.165, 1.54) is 4.31 Å². The van der Waals surface area contributed by atoms with Gasteiger partial charge in [0.25, 0.3) is 10.2 Å². The molecular formula is C13H29N3O3S. The molecule has 0 saturated carbocycles. The van der Waals surface area contributed by atoms with Gasteiger partial charge in [-0.05, 0) is 33.1 Å². The zero-order chi connectivity index (χ0) is 15.6. The Hall–Kier alpha value is -0.210. The van der Waals surface area contributed by atoms with Crippen molar-refractivity contribution in [1.82, 2.24) is 9.03 Å². The van der Waals surface area contributed by atoms with Crippen molar-refractivity contribution in [3.8, 4) is 0 Å². The van der Waals surface area contributed by atoms with Gasteiger partial charge in [-0.2, -0.15) is 17.4 Å². The first kappa shape index (κ1) is 17.8. The van der Waals surface area contributed by atoms with E-state index in [-0.39, 0.29) is 18.8 Å². The van der Waals surface area contributed by atoms with Gasteiger partial charge in [-0.25, -0.2) is 0 Å². The van der Waals surface area contributed by atoms with Crippen LogP contribution < -0.4 is 10.5 Å². The van der Waals surface area contributed by atoms with Gasteiger partial charge < -0.3 is 10.5 Å². The molecule has 0 aliphatic carbocycles. The number of nitrogens with one attached hydrogen (secondary N) is 1. The lowest BCUT2D eigenvalue weighted by Crippen LogP contribution is -2.59. The van der Waals surface area contributed by atoms with Crippen molar-refractivity contribution in [3.05, 3.63) is 0 Å². The van der Waals surface area contributed by atoms with Crippen LogP contribution in [0.1, 0.15) is 41.0 Å². The van der Waals surface area contributed by atoms with Gasteiger partial charge in [-0.1, -0.05) is 13.8 Å². The van der Waals surface area contributed by atoms with E-state index in [0.717, 1.165) is 0 Å². The summed E-state index contributed by atoms with van der Waals surface area (Å²) in [5, 5.41) is 0. The maximum Gasteiger partial charge on any atom is 0.280 e. The Morgan fingerprint density at radius 3 is 2.25 bits per heavy atom. The Balaban J connectivity index is 2.82.